The maximum atomic E-state index is 13.8. The van der Waals surface area contributed by atoms with E-state index in [1.807, 2.05) is 62.3 Å². The highest BCUT2D eigenvalue weighted by molar-refractivity contribution is 5.38. The van der Waals surface area contributed by atoms with Crippen molar-refractivity contribution in [1.29, 1.82) is 0 Å². The summed E-state index contributed by atoms with van der Waals surface area (Å²) in [6, 6.07) is 6.52. The number of benzene rings is 1. The molecule has 0 aliphatic carbocycles. The largest absolute Gasteiger partial charge is 0.373 e. The van der Waals surface area contributed by atoms with Gasteiger partial charge in [-0.05, 0) is 80.9 Å². The molecule has 10 heteroatoms. The molecule has 1 radical (unpaired) electrons. The molecule has 0 spiro atoms. The summed E-state index contributed by atoms with van der Waals surface area (Å²) in [4.78, 5) is 0. The molecule has 0 saturated carbocycles. The summed E-state index contributed by atoms with van der Waals surface area (Å²) in [6.07, 6.45) is 1.55. The van der Waals surface area contributed by atoms with Crippen LogP contribution in [-0.4, -0.2) is 82.9 Å². The molecule has 1 unspecified atom stereocenters. The maximum Gasteiger partial charge on any atom is 0.290 e. The summed E-state index contributed by atoms with van der Waals surface area (Å²) in [6.45, 7) is 20.2. The second-order valence-electron chi connectivity index (χ2n) is 9.56. The molecular formula is C33H59O10. The summed E-state index contributed by atoms with van der Waals surface area (Å²) in [7, 11) is 0. The third kappa shape index (κ3) is 7.91. The highest BCUT2D eigenvalue weighted by Gasteiger charge is 2.81. The van der Waals surface area contributed by atoms with Crippen LogP contribution in [0.2, 0.25) is 0 Å². The van der Waals surface area contributed by atoms with Crippen LogP contribution in [0.25, 0.3) is 0 Å². The highest BCUT2D eigenvalue weighted by atomic mass is 16.9. The van der Waals surface area contributed by atoms with Gasteiger partial charge in [0.15, 0.2) is 5.75 Å². The molecule has 0 N–H and O–H groups in total. The lowest BCUT2D eigenvalue weighted by molar-refractivity contribution is -0.557. The second-order valence-corrected chi connectivity index (χ2v) is 9.56. The topological polar surface area (TPSA) is 103 Å². The summed E-state index contributed by atoms with van der Waals surface area (Å²) in [5.74, 6) is -8.32. The van der Waals surface area contributed by atoms with Crippen molar-refractivity contribution in [2.45, 2.75) is 118 Å². The molecular weight excluding hydrogens is 556 g/mol. The molecule has 1 aromatic carbocycles. The minimum atomic E-state index is -2.13. The molecule has 0 aliphatic heterocycles. The van der Waals surface area contributed by atoms with Gasteiger partial charge in [0.25, 0.3) is 23.1 Å². The van der Waals surface area contributed by atoms with Crippen LogP contribution >= 0.6 is 0 Å². The van der Waals surface area contributed by atoms with Crippen LogP contribution in [0.1, 0.15) is 94.1 Å². The standard InChI is InChI=1S/C33H59O10/c1-11-21-26-29(35-12-2)31(38-15-5,39-16-6)33(42-19-9,43-20-10)32(40-17-7,41-18-8)30(36-13-3,37-14-4)27-24-22-23-25-28(27)34/h22-25,29H,11-21,26H2,1-10H3. The second kappa shape index (κ2) is 19.9. The van der Waals surface area contributed by atoms with Gasteiger partial charge in [-0.3, -0.25) is 5.11 Å². The zero-order valence-corrected chi connectivity index (χ0v) is 28.5. The Balaban J connectivity index is 4.69. The van der Waals surface area contributed by atoms with E-state index in [0.717, 1.165) is 12.8 Å². The van der Waals surface area contributed by atoms with Crippen molar-refractivity contribution >= 4 is 0 Å². The Labute approximate surface area is 260 Å². The van der Waals surface area contributed by atoms with E-state index in [9.17, 15) is 5.11 Å². The number of ether oxygens (including phenoxy) is 9. The Kier molecular flexibility index (Phi) is 18.4. The Morgan fingerprint density at radius 2 is 1.00 bits per heavy atom. The quantitative estimate of drug-likeness (QED) is 0.102. The first kappa shape index (κ1) is 39.7. The lowest BCUT2D eigenvalue weighted by Gasteiger charge is -2.61. The van der Waals surface area contributed by atoms with Crippen molar-refractivity contribution in [3.05, 3.63) is 29.8 Å². The van der Waals surface area contributed by atoms with E-state index in [0.29, 0.717) is 13.0 Å². The summed E-state index contributed by atoms with van der Waals surface area (Å²) in [5.41, 5.74) is 0.160. The van der Waals surface area contributed by atoms with E-state index < -0.39 is 29.3 Å². The summed E-state index contributed by atoms with van der Waals surface area (Å²) >= 11 is 0. The number of unbranched alkanes of at least 4 members (excludes halogenated alkanes) is 1. The molecule has 0 fully saturated rings. The zero-order chi connectivity index (χ0) is 32.4. The fourth-order valence-electron chi connectivity index (χ4n) is 5.86. The van der Waals surface area contributed by atoms with Gasteiger partial charge in [-0.2, -0.15) is 0 Å². The van der Waals surface area contributed by atoms with E-state index in [2.05, 4.69) is 6.92 Å². The van der Waals surface area contributed by atoms with Crippen LogP contribution in [-0.2, 0) is 53.5 Å². The monoisotopic (exact) mass is 615 g/mol. The van der Waals surface area contributed by atoms with Gasteiger partial charge in [-0.15, -0.1) is 0 Å². The number of hydrogen-bond donors (Lipinski definition) is 0. The van der Waals surface area contributed by atoms with Crippen molar-refractivity contribution in [2.75, 3.05) is 59.5 Å². The first-order chi connectivity index (χ1) is 20.8. The maximum absolute atomic E-state index is 13.8. The Morgan fingerprint density at radius 3 is 1.40 bits per heavy atom. The number of para-hydroxylation sites is 1. The third-order valence-corrected chi connectivity index (χ3v) is 6.98. The predicted molar refractivity (Wildman–Crippen MR) is 164 cm³/mol. The Hall–Kier alpha value is -1.34. The molecule has 251 valence electrons. The summed E-state index contributed by atoms with van der Waals surface area (Å²) < 4.78 is 60.3. The van der Waals surface area contributed by atoms with Crippen molar-refractivity contribution in [3.63, 3.8) is 0 Å². The smallest absolute Gasteiger partial charge is 0.290 e. The zero-order valence-electron chi connectivity index (χ0n) is 28.5. The first-order valence-corrected chi connectivity index (χ1v) is 16.3. The van der Waals surface area contributed by atoms with Gasteiger partial charge in [0.2, 0.25) is 0 Å². The molecule has 10 nitrogen and oxygen atoms in total. The molecule has 1 aromatic rings. The minimum Gasteiger partial charge on any atom is -0.373 e. The molecule has 0 saturated heterocycles. The van der Waals surface area contributed by atoms with Crippen LogP contribution in [0.15, 0.2) is 24.3 Å². The van der Waals surface area contributed by atoms with Gasteiger partial charge in [0.05, 0.1) is 5.56 Å². The highest BCUT2D eigenvalue weighted by Crippen LogP contribution is 2.57. The predicted octanol–water partition coefficient (Wildman–Crippen LogP) is 6.96. The molecule has 43 heavy (non-hydrogen) atoms. The van der Waals surface area contributed by atoms with Gasteiger partial charge < -0.3 is 42.6 Å². The van der Waals surface area contributed by atoms with Gasteiger partial charge in [0, 0.05) is 59.5 Å². The number of hydrogen-bond acceptors (Lipinski definition) is 9. The van der Waals surface area contributed by atoms with Gasteiger partial charge >= 0.3 is 0 Å². The van der Waals surface area contributed by atoms with Crippen molar-refractivity contribution in [2.24, 2.45) is 0 Å². The van der Waals surface area contributed by atoms with Crippen molar-refractivity contribution in [1.82, 2.24) is 0 Å². The van der Waals surface area contributed by atoms with Crippen LogP contribution in [0.3, 0.4) is 0 Å². The molecule has 0 heterocycles. The minimum absolute atomic E-state index is 0.105. The van der Waals surface area contributed by atoms with Crippen LogP contribution in [0.5, 0.6) is 5.75 Å². The van der Waals surface area contributed by atoms with Crippen molar-refractivity contribution < 1.29 is 47.7 Å². The fourth-order valence-corrected chi connectivity index (χ4v) is 5.86. The molecule has 0 aliphatic rings. The van der Waals surface area contributed by atoms with E-state index in [-0.39, 0.29) is 64.2 Å². The molecule has 0 bridgehead atoms. The van der Waals surface area contributed by atoms with E-state index >= 15 is 0 Å². The SMILES string of the molecule is CCCCC(OCC)C(OCC)(OCC)C(OCC)(OCC)C(OCC)(OCC)C(OCC)(OCC)c1ccccc1[O]. The average molecular weight is 616 g/mol. The van der Waals surface area contributed by atoms with Gasteiger partial charge in [-0.25, -0.2) is 0 Å². The fraction of sp³-hybridized carbons (Fsp3) is 0.818. The normalized spacial score (nSPS) is 13.9. The molecule has 1 atom stereocenters. The van der Waals surface area contributed by atoms with Gasteiger partial charge in [0.1, 0.15) is 6.10 Å². The van der Waals surface area contributed by atoms with Crippen LogP contribution < -0.4 is 0 Å². The Bertz CT molecular complexity index is 840. The van der Waals surface area contributed by atoms with Gasteiger partial charge in [-0.1, -0.05) is 31.9 Å². The van der Waals surface area contributed by atoms with E-state index in [1.165, 1.54) is 6.07 Å². The van der Waals surface area contributed by atoms with E-state index in [1.54, 1.807) is 18.2 Å². The molecule has 0 aromatic heterocycles. The molecule has 1 rings (SSSR count). The average Bonchev–Trinajstić information content (AvgIpc) is 2.98. The third-order valence-electron chi connectivity index (χ3n) is 6.98. The number of rotatable bonds is 26. The summed E-state index contributed by atoms with van der Waals surface area (Å²) in [5, 5.41) is 13.8. The van der Waals surface area contributed by atoms with E-state index in [4.69, 9.17) is 42.6 Å². The van der Waals surface area contributed by atoms with Crippen LogP contribution in [0.4, 0.5) is 0 Å². The first-order valence-electron chi connectivity index (χ1n) is 16.3. The lowest BCUT2D eigenvalue weighted by Crippen LogP contribution is -2.82. The van der Waals surface area contributed by atoms with Crippen LogP contribution in [0, 0.1) is 0 Å². The Morgan fingerprint density at radius 1 is 0.558 bits per heavy atom. The lowest BCUT2D eigenvalue weighted by atomic mass is 9.80. The molecule has 0 amide bonds. The van der Waals surface area contributed by atoms with Crippen molar-refractivity contribution in [3.8, 4) is 5.75 Å².